The summed E-state index contributed by atoms with van der Waals surface area (Å²) in [5.41, 5.74) is 5.65. The lowest BCUT2D eigenvalue weighted by Crippen LogP contribution is -2.10. The molecule has 0 heterocycles. The number of rotatable bonds is 8. The second kappa shape index (κ2) is 17.1. The summed E-state index contributed by atoms with van der Waals surface area (Å²) in [5.74, 6) is 0. The van der Waals surface area contributed by atoms with E-state index in [0.29, 0.717) is 23.3 Å². The van der Waals surface area contributed by atoms with Gasteiger partial charge < -0.3 is 15.4 Å². The summed E-state index contributed by atoms with van der Waals surface area (Å²) in [6.07, 6.45) is 4.25. The predicted octanol–water partition coefficient (Wildman–Crippen LogP) is 6.16. The van der Waals surface area contributed by atoms with E-state index in [1.807, 2.05) is 40.0 Å². The van der Waals surface area contributed by atoms with E-state index in [1.54, 1.807) is 26.4 Å². The third kappa shape index (κ3) is 15.8. The molecule has 0 aliphatic rings. The largest absolute Gasteiger partial charge is 0.388 e. The van der Waals surface area contributed by atoms with Gasteiger partial charge >= 0.3 is 0 Å². The molecule has 0 radical (unpaired) electrons. The van der Waals surface area contributed by atoms with Crippen LogP contribution in [0.3, 0.4) is 0 Å². The molecule has 0 amide bonds. The van der Waals surface area contributed by atoms with Crippen molar-refractivity contribution in [2.45, 2.75) is 55.1 Å². The van der Waals surface area contributed by atoms with Gasteiger partial charge in [-0.3, -0.25) is 9.79 Å². The van der Waals surface area contributed by atoms with Crippen LogP contribution in [-0.2, 0) is 16.1 Å². The van der Waals surface area contributed by atoms with Crippen LogP contribution >= 0.6 is 0 Å². The molecule has 0 bridgehead atoms. The molecule has 0 spiro atoms. The summed E-state index contributed by atoms with van der Waals surface area (Å²) in [6, 6.07) is 8.17. The number of carbonyl (C=O) groups is 1. The van der Waals surface area contributed by atoms with Crippen molar-refractivity contribution in [2.24, 2.45) is 10.4 Å². The average Bonchev–Trinajstić information content (AvgIpc) is 2.71. The van der Waals surface area contributed by atoms with Gasteiger partial charge in [0.25, 0.3) is 0 Å². The molecule has 0 fully saturated rings. The topological polar surface area (TPSA) is 62.7 Å². The molecule has 0 aromatic heterocycles. The molecule has 0 saturated carbocycles. The number of anilines is 1. The van der Waals surface area contributed by atoms with Crippen LogP contribution in [0.2, 0.25) is 0 Å². The van der Waals surface area contributed by atoms with Gasteiger partial charge in [0.1, 0.15) is 6.29 Å². The summed E-state index contributed by atoms with van der Waals surface area (Å²) in [6.45, 7) is 18.8. The van der Waals surface area contributed by atoms with Crippen LogP contribution < -0.4 is 10.6 Å². The van der Waals surface area contributed by atoms with Crippen molar-refractivity contribution >= 4 is 18.2 Å². The maximum atomic E-state index is 10.9. The van der Waals surface area contributed by atoms with Gasteiger partial charge in [0.05, 0.1) is 6.61 Å². The zero-order valence-electron chi connectivity index (χ0n) is 21.2. The standard InChI is InChI=1S/C12H18N2O.C9H13NO.C5H12/c1-6-11(8-15)12(9(3)13-5)10(4)14-7-2;1-10-9-5-3-8(4-6-9)7-11-2;1-5(2,3)4/h6-8,13H,3H2,1-2,4-5H3;3-6,10H,7H2,1-2H3;1-4H3/b11-6-,12-10+,14-7?;;. The smallest absolute Gasteiger partial charge is 0.150 e. The lowest BCUT2D eigenvalue weighted by molar-refractivity contribution is -0.104. The molecule has 0 aliphatic heterocycles. The van der Waals surface area contributed by atoms with Crippen LogP contribution in [-0.4, -0.2) is 33.7 Å². The van der Waals surface area contributed by atoms with Gasteiger partial charge in [-0.25, -0.2) is 0 Å². The minimum Gasteiger partial charge on any atom is -0.388 e. The van der Waals surface area contributed by atoms with E-state index in [0.717, 1.165) is 23.2 Å². The first-order valence-corrected chi connectivity index (χ1v) is 10.4. The number of ether oxygens (including phenoxy) is 1. The van der Waals surface area contributed by atoms with Gasteiger partial charge in [-0.05, 0) is 43.9 Å². The number of hydrogen-bond donors (Lipinski definition) is 2. The van der Waals surface area contributed by atoms with Gasteiger partial charge in [0.2, 0.25) is 0 Å². The van der Waals surface area contributed by atoms with Crippen LogP contribution in [0.5, 0.6) is 0 Å². The first-order valence-electron chi connectivity index (χ1n) is 10.4. The highest BCUT2D eigenvalue weighted by Crippen LogP contribution is 2.19. The van der Waals surface area contributed by atoms with Crippen molar-refractivity contribution in [3.63, 3.8) is 0 Å². The van der Waals surface area contributed by atoms with E-state index in [1.165, 1.54) is 5.56 Å². The molecular formula is C26H43N3O2. The number of carbonyl (C=O) groups excluding carboxylic acids is 1. The Balaban J connectivity index is 0. The zero-order valence-corrected chi connectivity index (χ0v) is 21.2. The highest BCUT2D eigenvalue weighted by Gasteiger charge is 2.10. The summed E-state index contributed by atoms with van der Waals surface area (Å²) in [7, 11) is 5.38. The Kier molecular flexibility index (Phi) is 16.8. The number of methoxy groups -OCH3 is 1. The van der Waals surface area contributed by atoms with Crippen LogP contribution in [0, 0.1) is 5.41 Å². The summed E-state index contributed by atoms with van der Waals surface area (Å²) >= 11 is 0. The van der Waals surface area contributed by atoms with E-state index in [2.05, 4.69) is 62.0 Å². The lowest BCUT2D eigenvalue weighted by atomic mass is 10.0. The molecular weight excluding hydrogens is 386 g/mol. The fourth-order valence-corrected chi connectivity index (χ4v) is 2.19. The molecule has 0 unspecified atom stereocenters. The van der Waals surface area contributed by atoms with Crippen LogP contribution in [0.25, 0.3) is 0 Å². The SMILES string of the molecule is C=C(NC)C(=C(/C)N=CC)/C(C=O)=C\C.CC(C)(C)C.CNc1ccc(COC)cc1. The highest BCUT2D eigenvalue weighted by molar-refractivity contribution is 5.83. The third-order valence-corrected chi connectivity index (χ3v) is 3.57. The fourth-order valence-electron chi connectivity index (χ4n) is 2.19. The second-order valence-corrected chi connectivity index (χ2v) is 8.32. The molecule has 5 nitrogen and oxygen atoms in total. The third-order valence-electron chi connectivity index (χ3n) is 3.57. The van der Waals surface area contributed by atoms with Crippen LogP contribution in [0.15, 0.2) is 64.5 Å². The van der Waals surface area contributed by atoms with Crippen molar-refractivity contribution in [2.75, 3.05) is 26.5 Å². The Morgan fingerprint density at radius 3 is 1.97 bits per heavy atom. The number of aliphatic imine (C=N–C) groups is 1. The number of nitrogens with zero attached hydrogens (tertiary/aromatic N) is 1. The maximum absolute atomic E-state index is 10.9. The number of allylic oxidation sites excluding steroid dienone is 3. The highest BCUT2D eigenvalue weighted by atomic mass is 16.5. The normalized spacial score (nSPS) is 12.0. The molecule has 1 aromatic carbocycles. The van der Waals surface area contributed by atoms with E-state index in [-0.39, 0.29) is 0 Å². The molecule has 174 valence electrons. The van der Waals surface area contributed by atoms with E-state index < -0.39 is 0 Å². The molecule has 5 heteroatoms. The van der Waals surface area contributed by atoms with Gasteiger partial charge in [-0.1, -0.05) is 52.5 Å². The van der Waals surface area contributed by atoms with Crippen molar-refractivity contribution in [1.82, 2.24) is 5.32 Å². The van der Waals surface area contributed by atoms with Gasteiger partial charge in [-0.15, -0.1) is 0 Å². The quantitative estimate of drug-likeness (QED) is 0.225. The maximum Gasteiger partial charge on any atom is 0.150 e. The monoisotopic (exact) mass is 429 g/mol. The Hall–Kier alpha value is -2.66. The minimum atomic E-state index is 0.500. The molecule has 1 rings (SSSR count). The molecule has 0 aliphatic carbocycles. The van der Waals surface area contributed by atoms with Crippen LogP contribution in [0.1, 0.15) is 54.0 Å². The zero-order chi connectivity index (χ0) is 24.4. The Labute approximate surface area is 190 Å². The average molecular weight is 430 g/mol. The number of nitrogens with one attached hydrogen (secondary N) is 2. The fraction of sp³-hybridized carbons (Fsp3) is 0.462. The molecule has 0 saturated heterocycles. The summed E-state index contributed by atoms with van der Waals surface area (Å²) < 4.78 is 4.98. The number of aldehydes is 1. The number of benzene rings is 1. The van der Waals surface area contributed by atoms with E-state index in [9.17, 15) is 4.79 Å². The van der Waals surface area contributed by atoms with Crippen molar-refractivity contribution in [1.29, 1.82) is 0 Å². The molecule has 1 aromatic rings. The lowest BCUT2D eigenvalue weighted by Gasteiger charge is -2.11. The summed E-state index contributed by atoms with van der Waals surface area (Å²) in [4.78, 5) is 15.0. The van der Waals surface area contributed by atoms with Gasteiger partial charge in [0, 0.05) is 55.6 Å². The Morgan fingerprint density at radius 2 is 1.65 bits per heavy atom. The van der Waals surface area contributed by atoms with Crippen molar-refractivity contribution in [3.8, 4) is 0 Å². The first-order chi connectivity index (χ1) is 14.5. The van der Waals surface area contributed by atoms with Gasteiger partial charge in [0.15, 0.2) is 0 Å². The van der Waals surface area contributed by atoms with E-state index >= 15 is 0 Å². The molecule has 0 atom stereocenters. The van der Waals surface area contributed by atoms with Crippen LogP contribution in [0.4, 0.5) is 5.69 Å². The Bertz CT molecular complexity index is 731. The van der Waals surface area contributed by atoms with Gasteiger partial charge in [-0.2, -0.15) is 0 Å². The summed E-state index contributed by atoms with van der Waals surface area (Å²) in [5, 5.41) is 5.98. The van der Waals surface area contributed by atoms with Crippen molar-refractivity contribution < 1.29 is 9.53 Å². The predicted molar refractivity (Wildman–Crippen MR) is 137 cm³/mol. The minimum absolute atomic E-state index is 0.500. The first kappa shape index (κ1) is 30.5. The Morgan fingerprint density at radius 1 is 1.13 bits per heavy atom. The number of hydrogen-bond acceptors (Lipinski definition) is 5. The second-order valence-electron chi connectivity index (χ2n) is 8.32. The van der Waals surface area contributed by atoms with Crippen molar-refractivity contribution in [3.05, 3.63) is 65.0 Å². The molecule has 31 heavy (non-hydrogen) atoms. The van der Waals surface area contributed by atoms with E-state index in [4.69, 9.17) is 4.74 Å². The molecule has 2 N–H and O–H groups in total. The number of likely N-dealkylation sites (N-methyl/N-ethyl adjacent to an activating group) is 1.